The first kappa shape index (κ1) is 13.8. The van der Waals surface area contributed by atoms with Crippen LogP contribution in [0.2, 0.25) is 0 Å². The largest absolute Gasteiger partial charge is 0.496 e. The van der Waals surface area contributed by atoms with Crippen LogP contribution in [-0.4, -0.2) is 25.8 Å². The first-order chi connectivity index (χ1) is 10.6. The summed E-state index contributed by atoms with van der Waals surface area (Å²) in [7, 11) is 2.84. The summed E-state index contributed by atoms with van der Waals surface area (Å²) in [6, 6.07) is 9.69. The highest BCUT2D eigenvalue weighted by Gasteiger charge is 2.35. The van der Waals surface area contributed by atoms with E-state index < -0.39 is 0 Å². The van der Waals surface area contributed by atoms with Crippen LogP contribution in [0.4, 0.5) is 0 Å². The molecule has 0 heterocycles. The summed E-state index contributed by atoms with van der Waals surface area (Å²) in [5.41, 5.74) is 1.12. The Morgan fingerprint density at radius 2 is 1.59 bits per heavy atom. The summed E-state index contributed by atoms with van der Waals surface area (Å²) in [6.45, 7) is 0. The van der Waals surface area contributed by atoms with Crippen molar-refractivity contribution in [3.8, 4) is 17.6 Å². The molecule has 0 fully saturated rings. The molecule has 0 saturated heterocycles. The van der Waals surface area contributed by atoms with E-state index >= 15 is 0 Å². The molecule has 0 amide bonds. The predicted molar refractivity (Wildman–Crippen MR) is 77.6 cm³/mol. The Morgan fingerprint density at radius 3 is 2.23 bits per heavy atom. The molecule has 108 valence electrons. The number of rotatable bonds is 2. The monoisotopic (exact) mass is 293 g/mol. The van der Waals surface area contributed by atoms with E-state index in [1.165, 1.54) is 26.4 Å². The molecule has 3 rings (SSSR count). The van der Waals surface area contributed by atoms with E-state index in [-0.39, 0.29) is 45.1 Å². The van der Waals surface area contributed by atoms with Crippen LogP contribution in [0.1, 0.15) is 37.4 Å². The van der Waals surface area contributed by atoms with Crippen molar-refractivity contribution in [3.63, 3.8) is 0 Å². The Bertz CT molecular complexity index is 862. The van der Waals surface area contributed by atoms with Crippen LogP contribution < -0.4 is 9.47 Å². The summed E-state index contributed by atoms with van der Waals surface area (Å²) in [4.78, 5) is 25.5. The van der Waals surface area contributed by atoms with Gasteiger partial charge in [-0.15, -0.1) is 0 Å². The number of benzene rings is 2. The number of nitriles is 1. The lowest BCUT2D eigenvalue weighted by Crippen LogP contribution is -2.22. The summed E-state index contributed by atoms with van der Waals surface area (Å²) < 4.78 is 10.4. The van der Waals surface area contributed by atoms with Crippen molar-refractivity contribution in [1.82, 2.24) is 0 Å². The van der Waals surface area contributed by atoms with E-state index in [4.69, 9.17) is 14.7 Å². The maximum absolute atomic E-state index is 12.8. The average Bonchev–Trinajstić information content (AvgIpc) is 2.57. The number of ether oxygens (including phenoxy) is 2. The Balaban J connectivity index is 2.37. The number of ketones is 2. The Labute approximate surface area is 126 Å². The van der Waals surface area contributed by atoms with Gasteiger partial charge in [0.05, 0.1) is 37.0 Å². The molecular formula is C17H11NO4. The zero-order valence-electron chi connectivity index (χ0n) is 12.0. The lowest BCUT2D eigenvalue weighted by Gasteiger charge is -2.21. The molecule has 1 aliphatic rings. The van der Waals surface area contributed by atoms with Crippen LogP contribution in [0.25, 0.3) is 0 Å². The normalized spacial score (nSPS) is 12.2. The van der Waals surface area contributed by atoms with E-state index in [1.54, 1.807) is 18.2 Å². The van der Waals surface area contributed by atoms with Gasteiger partial charge >= 0.3 is 0 Å². The molecule has 0 radical (unpaired) electrons. The number of fused-ring (bicyclic) bond motifs is 2. The molecule has 1 aliphatic carbocycles. The molecule has 5 nitrogen and oxygen atoms in total. The van der Waals surface area contributed by atoms with Gasteiger partial charge in [-0.3, -0.25) is 9.59 Å². The lowest BCUT2D eigenvalue weighted by molar-refractivity contribution is 0.0974. The minimum absolute atomic E-state index is 0.170. The molecule has 0 saturated carbocycles. The molecule has 22 heavy (non-hydrogen) atoms. The molecule has 2 aromatic rings. The van der Waals surface area contributed by atoms with Crippen LogP contribution in [0.15, 0.2) is 30.3 Å². The van der Waals surface area contributed by atoms with Crippen molar-refractivity contribution in [2.75, 3.05) is 14.2 Å². The van der Waals surface area contributed by atoms with E-state index in [2.05, 4.69) is 0 Å². The molecule has 0 atom stereocenters. The fraction of sp³-hybridized carbons (Fsp3) is 0.118. The van der Waals surface area contributed by atoms with Gasteiger partial charge in [0.2, 0.25) is 5.78 Å². The van der Waals surface area contributed by atoms with E-state index in [0.29, 0.717) is 5.75 Å². The highest BCUT2D eigenvalue weighted by atomic mass is 16.5. The van der Waals surface area contributed by atoms with Crippen molar-refractivity contribution in [2.45, 2.75) is 0 Å². The van der Waals surface area contributed by atoms with Gasteiger partial charge in [0.1, 0.15) is 11.5 Å². The maximum atomic E-state index is 12.8. The van der Waals surface area contributed by atoms with Gasteiger partial charge in [0.15, 0.2) is 5.78 Å². The van der Waals surface area contributed by atoms with Gasteiger partial charge in [0.25, 0.3) is 0 Å². The average molecular weight is 293 g/mol. The topological polar surface area (TPSA) is 76.4 Å². The minimum Gasteiger partial charge on any atom is -0.496 e. The highest BCUT2D eigenvalue weighted by Crippen LogP contribution is 2.37. The third-order valence-corrected chi connectivity index (χ3v) is 3.64. The second kappa shape index (κ2) is 5.01. The van der Waals surface area contributed by atoms with Crippen LogP contribution >= 0.6 is 0 Å². The Kier molecular flexibility index (Phi) is 3.15. The number of hydrogen-bond acceptors (Lipinski definition) is 5. The third kappa shape index (κ3) is 1.78. The van der Waals surface area contributed by atoms with Gasteiger partial charge in [-0.05, 0) is 18.2 Å². The smallest absolute Gasteiger partial charge is 0.201 e. The Morgan fingerprint density at radius 1 is 0.909 bits per heavy atom. The SMILES string of the molecule is COc1cccc2c1C(=O)c1c(OC)cc(C#N)cc1C2=O. The van der Waals surface area contributed by atoms with Crippen molar-refractivity contribution in [2.24, 2.45) is 0 Å². The summed E-state index contributed by atoms with van der Waals surface area (Å²) in [5, 5.41) is 9.07. The number of hydrogen-bond donors (Lipinski definition) is 0. The van der Waals surface area contributed by atoms with Crippen LogP contribution in [0.5, 0.6) is 11.5 Å². The van der Waals surface area contributed by atoms with Crippen LogP contribution in [-0.2, 0) is 0 Å². The van der Waals surface area contributed by atoms with Gasteiger partial charge < -0.3 is 9.47 Å². The van der Waals surface area contributed by atoms with Crippen molar-refractivity contribution < 1.29 is 19.1 Å². The molecule has 0 aliphatic heterocycles. The van der Waals surface area contributed by atoms with Gasteiger partial charge in [-0.25, -0.2) is 0 Å². The first-order valence-corrected chi connectivity index (χ1v) is 6.51. The van der Waals surface area contributed by atoms with Gasteiger partial charge in [-0.1, -0.05) is 12.1 Å². The van der Waals surface area contributed by atoms with Crippen molar-refractivity contribution >= 4 is 11.6 Å². The third-order valence-electron chi connectivity index (χ3n) is 3.64. The predicted octanol–water partition coefficient (Wildman–Crippen LogP) is 2.35. The maximum Gasteiger partial charge on any atom is 0.201 e. The Hall–Kier alpha value is -3.13. The van der Waals surface area contributed by atoms with E-state index in [1.807, 2.05) is 6.07 Å². The van der Waals surface area contributed by atoms with Crippen LogP contribution in [0, 0.1) is 11.3 Å². The fourth-order valence-corrected chi connectivity index (χ4v) is 2.65. The molecule has 0 bridgehead atoms. The summed E-state index contributed by atoms with van der Waals surface area (Å²) in [6.07, 6.45) is 0. The second-order valence-electron chi connectivity index (χ2n) is 4.75. The minimum atomic E-state index is -0.344. The molecule has 5 heteroatoms. The molecule has 0 aromatic heterocycles. The number of nitrogens with zero attached hydrogens (tertiary/aromatic N) is 1. The van der Waals surface area contributed by atoms with E-state index in [0.717, 1.165) is 0 Å². The number of methoxy groups -OCH3 is 2. The molecule has 0 spiro atoms. The van der Waals surface area contributed by atoms with Gasteiger partial charge in [-0.2, -0.15) is 5.26 Å². The zero-order chi connectivity index (χ0) is 15.9. The van der Waals surface area contributed by atoms with Crippen molar-refractivity contribution in [1.29, 1.82) is 5.26 Å². The molecule has 0 N–H and O–H groups in total. The number of carbonyl (C=O) groups excluding carboxylic acids is 2. The van der Waals surface area contributed by atoms with Crippen LogP contribution in [0.3, 0.4) is 0 Å². The van der Waals surface area contributed by atoms with Crippen molar-refractivity contribution in [3.05, 3.63) is 58.1 Å². The zero-order valence-corrected chi connectivity index (χ0v) is 12.0. The first-order valence-electron chi connectivity index (χ1n) is 6.51. The standard InChI is InChI=1S/C17H11NO4/c1-21-12-5-3-4-10-14(12)17(20)15-11(16(10)19)6-9(8-18)7-13(15)22-2/h3-7H,1-2H3. The summed E-state index contributed by atoms with van der Waals surface area (Å²) >= 11 is 0. The second-order valence-corrected chi connectivity index (χ2v) is 4.75. The number of carbonyl (C=O) groups is 2. The highest BCUT2D eigenvalue weighted by molar-refractivity contribution is 6.30. The molecular weight excluding hydrogens is 282 g/mol. The van der Waals surface area contributed by atoms with Gasteiger partial charge in [0, 0.05) is 11.1 Å². The fourth-order valence-electron chi connectivity index (χ4n) is 2.65. The lowest BCUT2D eigenvalue weighted by atomic mass is 9.82. The molecule has 0 unspecified atom stereocenters. The molecule has 2 aromatic carbocycles. The van der Waals surface area contributed by atoms with E-state index in [9.17, 15) is 9.59 Å². The quantitative estimate of drug-likeness (QED) is 0.725. The summed E-state index contributed by atoms with van der Waals surface area (Å²) in [5.74, 6) is -0.112.